The first-order valence-electron chi connectivity index (χ1n) is 7.20. The van der Waals surface area contributed by atoms with E-state index in [1.54, 1.807) is 4.57 Å². The molecule has 1 aliphatic rings. The second-order valence-corrected chi connectivity index (χ2v) is 5.86. The van der Waals surface area contributed by atoms with Crippen LogP contribution in [0.1, 0.15) is 11.7 Å². The van der Waals surface area contributed by atoms with Crippen LogP contribution in [-0.2, 0) is 0 Å². The number of nitro groups is 1. The Labute approximate surface area is 145 Å². The first-order chi connectivity index (χ1) is 12.0. The first-order valence-corrected chi connectivity index (χ1v) is 7.57. The van der Waals surface area contributed by atoms with Crippen molar-refractivity contribution < 1.29 is 10.0 Å². The molecule has 0 spiro atoms. The van der Waals surface area contributed by atoms with Crippen LogP contribution in [-0.4, -0.2) is 25.5 Å². The highest BCUT2D eigenvalue weighted by Crippen LogP contribution is 2.41. The van der Waals surface area contributed by atoms with Gasteiger partial charge in [-0.2, -0.15) is 0 Å². The molecule has 1 atom stereocenters. The van der Waals surface area contributed by atoms with Crippen molar-refractivity contribution in [3.8, 4) is 5.75 Å². The van der Waals surface area contributed by atoms with Gasteiger partial charge in [0.15, 0.2) is 12.1 Å². The highest BCUT2D eigenvalue weighted by atomic mass is 35.5. The monoisotopic (exact) mass is 358 g/mol. The molecule has 9 nitrogen and oxygen atoms in total. The van der Waals surface area contributed by atoms with Gasteiger partial charge < -0.3 is 10.8 Å². The molecule has 0 fully saturated rings. The molecule has 0 aliphatic carbocycles. The molecular formula is C15H11ClN6O3. The van der Waals surface area contributed by atoms with Crippen LogP contribution in [0, 0.1) is 10.1 Å². The maximum absolute atomic E-state index is 11.2. The molecule has 2 aromatic carbocycles. The summed E-state index contributed by atoms with van der Waals surface area (Å²) in [5, 5.41) is 24.5. The highest BCUT2D eigenvalue weighted by Gasteiger charge is 2.30. The number of aromatic nitrogens is 2. The summed E-state index contributed by atoms with van der Waals surface area (Å²) in [4.78, 5) is 19.2. The van der Waals surface area contributed by atoms with Crippen molar-refractivity contribution in [3.63, 3.8) is 0 Å². The van der Waals surface area contributed by atoms with Gasteiger partial charge >= 0.3 is 5.69 Å². The number of rotatable bonds is 2. The SMILES string of the molecule is NC1=NC(c2cc(Cl)cc([N+](=O)[O-])c2O)n2c(nc3ccccc32)N1. The van der Waals surface area contributed by atoms with E-state index >= 15 is 0 Å². The minimum absolute atomic E-state index is 0.0786. The molecule has 4 N–H and O–H groups in total. The fraction of sp³-hybridized carbons (Fsp3) is 0.0667. The number of nitro benzene ring substituents is 1. The van der Waals surface area contributed by atoms with Crippen LogP contribution in [0.2, 0.25) is 5.02 Å². The molecule has 25 heavy (non-hydrogen) atoms. The standard InChI is InChI=1S/C15H11ClN6O3/c16-7-5-8(12(23)11(6-7)22(24)25)13-19-14(17)20-15-18-9-3-1-2-4-10(9)21(13)15/h1-6,13,23H,(H3,17,18,19,20). The molecule has 126 valence electrons. The smallest absolute Gasteiger partial charge is 0.312 e. The Morgan fingerprint density at radius 3 is 2.88 bits per heavy atom. The normalized spacial score (nSPS) is 16.2. The highest BCUT2D eigenvalue weighted by molar-refractivity contribution is 6.31. The van der Waals surface area contributed by atoms with E-state index in [1.807, 2.05) is 24.3 Å². The van der Waals surface area contributed by atoms with E-state index in [1.165, 1.54) is 6.07 Å². The number of nitrogens with zero attached hydrogens (tertiary/aromatic N) is 4. The van der Waals surface area contributed by atoms with Crippen molar-refractivity contribution in [2.75, 3.05) is 5.32 Å². The lowest BCUT2D eigenvalue weighted by Gasteiger charge is -2.24. The number of anilines is 1. The Morgan fingerprint density at radius 1 is 1.36 bits per heavy atom. The third-order valence-electron chi connectivity index (χ3n) is 3.90. The summed E-state index contributed by atoms with van der Waals surface area (Å²) in [5.41, 5.74) is 6.90. The third-order valence-corrected chi connectivity index (χ3v) is 4.12. The van der Waals surface area contributed by atoms with Crippen LogP contribution in [0.3, 0.4) is 0 Å². The van der Waals surface area contributed by atoms with E-state index in [9.17, 15) is 15.2 Å². The molecule has 3 aromatic rings. The predicted molar refractivity (Wildman–Crippen MR) is 92.9 cm³/mol. The minimum atomic E-state index is -0.846. The fourth-order valence-electron chi connectivity index (χ4n) is 2.87. The molecule has 1 unspecified atom stereocenters. The van der Waals surface area contributed by atoms with Crippen molar-refractivity contribution in [2.45, 2.75) is 6.17 Å². The van der Waals surface area contributed by atoms with Gasteiger partial charge in [-0.25, -0.2) is 9.98 Å². The molecule has 0 saturated carbocycles. The van der Waals surface area contributed by atoms with Gasteiger partial charge in [-0.3, -0.25) is 20.0 Å². The van der Waals surface area contributed by atoms with Gasteiger partial charge in [0, 0.05) is 16.7 Å². The summed E-state index contributed by atoms with van der Waals surface area (Å²) in [7, 11) is 0. The van der Waals surface area contributed by atoms with E-state index in [-0.39, 0.29) is 16.5 Å². The van der Waals surface area contributed by atoms with Gasteiger partial charge in [-0.1, -0.05) is 23.7 Å². The molecule has 4 rings (SSSR count). The molecule has 1 aromatic heterocycles. The average Bonchev–Trinajstić information content (AvgIpc) is 2.93. The number of nitrogens with one attached hydrogen (secondary N) is 1. The number of fused-ring (bicyclic) bond motifs is 3. The van der Waals surface area contributed by atoms with Crippen LogP contribution in [0.5, 0.6) is 5.75 Å². The van der Waals surface area contributed by atoms with E-state index in [2.05, 4.69) is 15.3 Å². The van der Waals surface area contributed by atoms with Crippen LogP contribution in [0.25, 0.3) is 11.0 Å². The maximum atomic E-state index is 11.2. The van der Waals surface area contributed by atoms with Gasteiger partial charge in [0.2, 0.25) is 11.7 Å². The molecule has 0 amide bonds. The number of guanidine groups is 1. The maximum Gasteiger partial charge on any atom is 0.312 e. The number of aromatic hydroxyl groups is 1. The second kappa shape index (κ2) is 5.35. The first kappa shape index (κ1) is 15.2. The van der Waals surface area contributed by atoms with E-state index in [0.717, 1.165) is 11.6 Å². The molecule has 0 saturated heterocycles. The number of imidazole rings is 1. The van der Waals surface area contributed by atoms with Crippen molar-refractivity contribution in [1.82, 2.24) is 9.55 Å². The number of aliphatic imine (C=N–C) groups is 1. The Balaban J connectivity index is 2.01. The Morgan fingerprint density at radius 2 is 2.12 bits per heavy atom. The molecule has 10 heteroatoms. The van der Waals surface area contributed by atoms with Crippen molar-refractivity contribution >= 4 is 40.2 Å². The van der Waals surface area contributed by atoms with E-state index in [4.69, 9.17) is 17.3 Å². The van der Waals surface area contributed by atoms with Crippen LogP contribution < -0.4 is 11.1 Å². The van der Waals surface area contributed by atoms with Crippen LogP contribution in [0.15, 0.2) is 41.4 Å². The lowest BCUT2D eigenvalue weighted by molar-refractivity contribution is -0.385. The van der Waals surface area contributed by atoms with Gasteiger partial charge in [0.05, 0.1) is 16.0 Å². The lowest BCUT2D eigenvalue weighted by Crippen LogP contribution is -2.31. The quantitative estimate of drug-likeness (QED) is 0.476. The van der Waals surface area contributed by atoms with Gasteiger partial charge in [-0.15, -0.1) is 0 Å². The summed E-state index contributed by atoms with van der Waals surface area (Å²) in [5.74, 6) is -0.0165. The zero-order valence-corrected chi connectivity index (χ0v) is 13.3. The number of nitrogens with two attached hydrogens (primary N) is 1. The minimum Gasteiger partial charge on any atom is -0.502 e. The summed E-state index contributed by atoms with van der Waals surface area (Å²) in [6.45, 7) is 0. The average molecular weight is 359 g/mol. The second-order valence-electron chi connectivity index (χ2n) is 5.43. The van der Waals surface area contributed by atoms with Crippen molar-refractivity contribution in [3.05, 3.63) is 57.1 Å². The van der Waals surface area contributed by atoms with Crippen molar-refractivity contribution in [2.24, 2.45) is 10.7 Å². The Bertz CT molecular complexity index is 1060. The summed E-state index contributed by atoms with van der Waals surface area (Å²) in [6, 6.07) is 9.82. The molecular weight excluding hydrogens is 348 g/mol. The Kier molecular flexibility index (Phi) is 3.25. The molecule has 0 bridgehead atoms. The number of phenolic OH excluding ortho intramolecular Hbond substituents is 1. The van der Waals surface area contributed by atoms with Crippen molar-refractivity contribution in [1.29, 1.82) is 0 Å². The predicted octanol–water partition coefficient (Wildman–Crippen LogP) is 2.59. The van der Waals surface area contributed by atoms with Crippen LogP contribution >= 0.6 is 11.6 Å². The van der Waals surface area contributed by atoms with E-state index in [0.29, 0.717) is 11.5 Å². The fourth-order valence-corrected chi connectivity index (χ4v) is 3.09. The van der Waals surface area contributed by atoms with Crippen LogP contribution in [0.4, 0.5) is 11.6 Å². The van der Waals surface area contributed by atoms with Gasteiger partial charge in [0.25, 0.3) is 0 Å². The number of para-hydroxylation sites is 2. The van der Waals surface area contributed by atoms with Gasteiger partial charge in [-0.05, 0) is 18.2 Å². The zero-order valence-electron chi connectivity index (χ0n) is 12.5. The molecule has 1 aliphatic heterocycles. The summed E-state index contributed by atoms with van der Waals surface area (Å²) < 4.78 is 1.70. The van der Waals surface area contributed by atoms with Gasteiger partial charge in [0.1, 0.15) is 0 Å². The zero-order chi connectivity index (χ0) is 17.7. The summed E-state index contributed by atoms with van der Waals surface area (Å²) >= 11 is 6.01. The third kappa shape index (κ3) is 2.32. The molecule has 0 radical (unpaired) electrons. The van der Waals surface area contributed by atoms with E-state index < -0.39 is 22.5 Å². The number of hydrogen-bond acceptors (Lipinski definition) is 7. The topological polar surface area (TPSA) is 132 Å². The number of hydrogen-bond donors (Lipinski definition) is 3. The lowest BCUT2D eigenvalue weighted by atomic mass is 10.1. The number of benzene rings is 2. The number of phenols is 1. The molecule has 2 heterocycles. The Hall–Kier alpha value is -3.33. The summed E-state index contributed by atoms with van der Waals surface area (Å²) in [6.07, 6.45) is -0.846. The number of halogens is 1. The largest absolute Gasteiger partial charge is 0.502 e.